The van der Waals surface area contributed by atoms with Crippen molar-refractivity contribution in [3.05, 3.63) is 106 Å². The molecule has 4 aromatic rings. The minimum Gasteiger partial charge on any atom is -0.479 e. The van der Waals surface area contributed by atoms with E-state index in [2.05, 4.69) is 26.5 Å². The van der Waals surface area contributed by atoms with E-state index in [1.54, 1.807) is 48.5 Å². The molecule has 0 saturated heterocycles. The zero-order chi connectivity index (χ0) is 25.5. The van der Waals surface area contributed by atoms with Crippen LogP contribution in [-0.4, -0.2) is 24.2 Å². The fourth-order valence-electron chi connectivity index (χ4n) is 3.43. The molecule has 182 valence electrons. The van der Waals surface area contributed by atoms with Crippen molar-refractivity contribution in [2.45, 2.75) is 19.4 Å². The van der Waals surface area contributed by atoms with Crippen molar-refractivity contribution >= 4 is 56.4 Å². The highest BCUT2D eigenvalue weighted by molar-refractivity contribution is 9.10. The average molecular weight is 566 g/mol. The lowest BCUT2D eigenvalue weighted by atomic mass is 10.1. The smallest absolute Gasteiger partial charge is 0.345 e. The zero-order valence-electron chi connectivity index (χ0n) is 19.3. The number of halogens is 2. The fourth-order valence-corrected chi connectivity index (χ4v) is 4.23. The van der Waals surface area contributed by atoms with Crippen molar-refractivity contribution in [2.24, 2.45) is 5.10 Å². The summed E-state index contributed by atoms with van der Waals surface area (Å²) < 4.78 is 12.1. The summed E-state index contributed by atoms with van der Waals surface area (Å²) in [6, 6.07) is 25.1. The molecule has 0 aliphatic rings. The summed E-state index contributed by atoms with van der Waals surface area (Å²) in [7, 11) is 0. The standard InChI is InChI=1S/C28H22BrClN2O4/c1-2-24(36-25-16-13-19-7-3-4-8-21(19)26(25)29)27(33)32-31-17-18-11-14-20(15-12-18)35-28(34)22-9-5-6-10-23(22)30/h3-17,24H,2H2,1H3,(H,32,33)/b31-17-/t24-/m0/s1. The summed E-state index contributed by atoms with van der Waals surface area (Å²) in [4.78, 5) is 24.9. The minimum absolute atomic E-state index is 0.288. The molecule has 36 heavy (non-hydrogen) atoms. The Morgan fingerprint density at radius 1 is 1.00 bits per heavy atom. The van der Waals surface area contributed by atoms with Crippen molar-refractivity contribution in [3.63, 3.8) is 0 Å². The van der Waals surface area contributed by atoms with Crippen molar-refractivity contribution < 1.29 is 19.1 Å². The predicted octanol–water partition coefficient (Wildman–Crippen LogP) is 6.78. The first kappa shape index (κ1) is 25.4. The molecule has 0 spiro atoms. The Labute approximate surface area is 222 Å². The second-order valence-electron chi connectivity index (χ2n) is 7.79. The maximum atomic E-state index is 12.6. The molecule has 4 aromatic carbocycles. The first-order valence-corrected chi connectivity index (χ1v) is 12.4. The Kier molecular flexibility index (Phi) is 8.36. The van der Waals surface area contributed by atoms with Gasteiger partial charge >= 0.3 is 5.97 Å². The summed E-state index contributed by atoms with van der Waals surface area (Å²) in [6.07, 6.45) is 1.24. The Morgan fingerprint density at radius 2 is 1.72 bits per heavy atom. The molecular formula is C28H22BrClN2O4. The number of amides is 1. The third-order valence-corrected chi connectivity index (χ3v) is 6.48. The van der Waals surface area contributed by atoms with Crippen molar-refractivity contribution in [3.8, 4) is 11.5 Å². The van der Waals surface area contributed by atoms with Crippen LogP contribution in [0.2, 0.25) is 5.02 Å². The number of esters is 1. The highest BCUT2D eigenvalue weighted by Gasteiger charge is 2.20. The first-order valence-electron chi connectivity index (χ1n) is 11.2. The molecular weight excluding hydrogens is 544 g/mol. The van der Waals surface area contributed by atoms with Gasteiger partial charge in [-0.25, -0.2) is 10.2 Å². The lowest BCUT2D eigenvalue weighted by Crippen LogP contribution is -2.35. The maximum Gasteiger partial charge on any atom is 0.345 e. The number of ether oxygens (including phenoxy) is 2. The van der Waals surface area contributed by atoms with Crippen LogP contribution in [-0.2, 0) is 4.79 Å². The van der Waals surface area contributed by atoms with E-state index in [1.165, 1.54) is 6.21 Å². The van der Waals surface area contributed by atoms with Crippen molar-refractivity contribution in [2.75, 3.05) is 0 Å². The van der Waals surface area contributed by atoms with Crippen LogP contribution in [0, 0.1) is 0 Å². The lowest BCUT2D eigenvalue weighted by Gasteiger charge is -2.17. The molecule has 0 saturated carbocycles. The molecule has 0 aromatic heterocycles. The molecule has 0 unspecified atom stereocenters. The largest absolute Gasteiger partial charge is 0.479 e. The molecule has 1 amide bonds. The Bertz CT molecular complexity index is 1420. The summed E-state index contributed by atoms with van der Waals surface area (Å²) >= 11 is 9.62. The minimum atomic E-state index is -0.716. The van der Waals surface area contributed by atoms with Crippen LogP contribution in [0.5, 0.6) is 11.5 Å². The topological polar surface area (TPSA) is 77.0 Å². The normalized spacial score (nSPS) is 11.9. The van der Waals surface area contributed by atoms with E-state index < -0.39 is 12.1 Å². The lowest BCUT2D eigenvalue weighted by molar-refractivity contribution is -0.128. The van der Waals surface area contributed by atoms with Gasteiger partial charge in [0.2, 0.25) is 0 Å². The quantitative estimate of drug-likeness (QED) is 0.111. The van der Waals surface area contributed by atoms with Crippen LogP contribution in [0.3, 0.4) is 0 Å². The Hall–Kier alpha value is -3.68. The van der Waals surface area contributed by atoms with Crippen molar-refractivity contribution in [1.29, 1.82) is 0 Å². The number of fused-ring (bicyclic) bond motifs is 1. The van der Waals surface area contributed by atoms with Crippen LogP contribution < -0.4 is 14.9 Å². The van der Waals surface area contributed by atoms with Gasteiger partial charge in [0.1, 0.15) is 11.5 Å². The average Bonchev–Trinajstić information content (AvgIpc) is 2.89. The molecule has 4 rings (SSSR count). The Morgan fingerprint density at radius 3 is 2.47 bits per heavy atom. The van der Waals surface area contributed by atoms with Crippen LogP contribution >= 0.6 is 27.5 Å². The number of hydrogen-bond donors (Lipinski definition) is 1. The van der Waals surface area contributed by atoms with Gasteiger partial charge in [0.25, 0.3) is 5.91 Å². The number of nitrogens with one attached hydrogen (secondary N) is 1. The van der Waals surface area contributed by atoms with Crippen LogP contribution in [0.25, 0.3) is 10.8 Å². The molecule has 0 bridgehead atoms. The maximum absolute atomic E-state index is 12.6. The molecule has 1 N–H and O–H groups in total. The predicted molar refractivity (Wildman–Crippen MR) is 145 cm³/mol. The van der Waals surface area contributed by atoms with Gasteiger partial charge in [0.15, 0.2) is 6.10 Å². The SMILES string of the molecule is CC[C@H](Oc1ccc2ccccc2c1Br)C(=O)N/N=C\c1ccc(OC(=O)c2ccccc2Cl)cc1. The molecule has 0 radical (unpaired) electrons. The first-order chi connectivity index (χ1) is 17.5. The number of carbonyl (C=O) groups is 2. The van der Waals surface area contributed by atoms with Crippen molar-refractivity contribution in [1.82, 2.24) is 5.43 Å². The van der Waals surface area contributed by atoms with Gasteiger partial charge in [-0.1, -0.05) is 61.0 Å². The molecule has 0 aliphatic heterocycles. The number of hydrazone groups is 1. The fraction of sp³-hybridized carbons (Fsp3) is 0.107. The van der Waals surface area contributed by atoms with Gasteiger partial charge in [-0.3, -0.25) is 4.79 Å². The third-order valence-electron chi connectivity index (χ3n) is 5.33. The van der Waals surface area contributed by atoms with Gasteiger partial charge in [0, 0.05) is 0 Å². The number of rotatable bonds is 8. The monoisotopic (exact) mass is 564 g/mol. The van der Waals surface area contributed by atoms with E-state index in [4.69, 9.17) is 21.1 Å². The number of hydrogen-bond acceptors (Lipinski definition) is 5. The summed E-state index contributed by atoms with van der Waals surface area (Å²) in [5.74, 6) is 0.0418. The van der Waals surface area contributed by atoms with Gasteiger partial charge in [-0.15, -0.1) is 0 Å². The van der Waals surface area contributed by atoms with E-state index in [9.17, 15) is 9.59 Å². The van der Waals surface area contributed by atoms with Gasteiger partial charge in [-0.05, 0) is 81.2 Å². The molecule has 6 nitrogen and oxygen atoms in total. The number of benzene rings is 4. The molecule has 1 atom stereocenters. The van der Waals surface area contributed by atoms with E-state index in [-0.39, 0.29) is 11.5 Å². The second kappa shape index (κ2) is 11.8. The molecule has 0 fully saturated rings. The van der Waals surface area contributed by atoms with Crippen LogP contribution in [0.15, 0.2) is 94.5 Å². The summed E-state index contributed by atoms with van der Waals surface area (Å²) in [6.45, 7) is 1.87. The van der Waals surface area contributed by atoms with Crippen LogP contribution in [0.4, 0.5) is 0 Å². The van der Waals surface area contributed by atoms with E-state index in [0.717, 1.165) is 15.2 Å². The highest BCUT2D eigenvalue weighted by atomic mass is 79.9. The molecule has 0 aliphatic carbocycles. The number of nitrogens with zero attached hydrogens (tertiary/aromatic N) is 1. The van der Waals surface area contributed by atoms with E-state index in [0.29, 0.717) is 28.5 Å². The second-order valence-corrected chi connectivity index (χ2v) is 8.99. The zero-order valence-corrected chi connectivity index (χ0v) is 21.6. The van der Waals surface area contributed by atoms with Crippen LogP contribution in [0.1, 0.15) is 29.3 Å². The van der Waals surface area contributed by atoms with Gasteiger partial charge in [-0.2, -0.15) is 5.10 Å². The van der Waals surface area contributed by atoms with Gasteiger partial charge in [0.05, 0.1) is 21.3 Å². The summed E-state index contributed by atoms with van der Waals surface area (Å²) in [5.41, 5.74) is 3.52. The summed E-state index contributed by atoms with van der Waals surface area (Å²) in [5, 5.41) is 6.43. The van der Waals surface area contributed by atoms with E-state index in [1.807, 2.05) is 43.3 Å². The Balaban J connectivity index is 1.34. The van der Waals surface area contributed by atoms with Gasteiger partial charge < -0.3 is 9.47 Å². The molecule has 8 heteroatoms. The third kappa shape index (κ3) is 6.11. The van der Waals surface area contributed by atoms with E-state index >= 15 is 0 Å². The number of carbonyl (C=O) groups excluding carboxylic acids is 2. The highest BCUT2D eigenvalue weighted by Crippen LogP contribution is 2.33. The molecule has 0 heterocycles.